The van der Waals surface area contributed by atoms with Gasteiger partial charge in [0.2, 0.25) is 29.5 Å². The van der Waals surface area contributed by atoms with E-state index in [-0.39, 0.29) is 48.9 Å². The molecule has 7 N–H and O–H groups in total. The number of nitrogens with one attached hydrogen (secondary N) is 5. The molecule has 0 unspecified atom stereocenters. The van der Waals surface area contributed by atoms with Gasteiger partial charge in [0, 0.05) is 36.0 Å². The standard InChI is InChI=1S/C40H53N5O10/c1-21(2)16-29(42-33(47)14-15-34(48)49)38(52)43-30(17-22(3)4)39(53)45-36(23(5)6)40(54)44-31(19-25-8-11-27(46)12-9-25)37(51)41-26-10-13-28-24(7)18-35(50)55-32(28)20-26/h8-13,18,20-23,29-31,36,46H,14-17,19H2,1-7H3,(H,41,51)(H,42,47)(H,43,52)(H,44,54)(H,45,53)(H,48,49)/t29-,30+,31+,36-/m1/s1. The fraction of sp³-hybridized carbons (Fsp3) is 0.475. The number of aromatic hydroxyl groups is 1. The van der Waals surface area contributed by atoms with Crippen LogP contribution in [0.15, 0.2) is 57.7 Å². The molecule has 0 bridgehead atoms. The summed E-state index contributed by atoms with van der Waals surface area (Å²) in [6, 6.07) is 7.89. The van der Waals surface area contributed by atoms with Crippen molar-refractivity contribution in [2.75, 3.05) is 5.32 Å². The number of carboxylic acid groups (broad SMARTS) is 1. The molecule has 0 aliphatic carbocycles. The van der Waals surface area contributed by atoms with E-state index in [4.69, 9.17) is 9.52 Å². The molecule has 55 heavy (non-hydrogen) atoms. The Labute approximate surface area is 320 Å². The summed E-state index contributed by atoms with van der Waals surface area (Å²) in [5.41, 5.74) is 1.36. The van der Waals surface area contributed by atoms with Crippen LogP contribution in [-0.2, 0) is 35.2 Å². The Morgan fingerprint density at radius 3 is 1.85 bits per heavy atom. The van der Waals surface area contributed by atoms with Gasteiger partial charge in [-0.25, -0.2) is 4.79 Å². The quantitative estimate of drug-likeness (QED) is 0.0878. The summed E-state index contributed by atoms with van der Waals surface area (Å²) in [5, 5.41) is 33.0. The van der Waals surface area contributed by atoms with Crippen LogP contribution in [0, 0.1) is 24.7 Å². The van der Waals surface area contributed by atoms with E-state index in [0.29, 0.717) is 22.2 Å². The van der Waals surface area contributed by atoms with Gasteiger partial charge >= 0.3 is 11.6 Å². The number of anilines is 1. The number of phenols is 1. The summed E-state index contributed by atoms with van der Waals surface area (Å²) in [4.78, 5) is 90.4. The Balaban J connectivity index is 1.83. The molecule has 2 aromatic carbocycles. The molecule has 1 aromatic heterocycles. The first-order valence-corrected chi connectivity index (χ1v) is 18.4. The third kappa shape index (κ3) is 13.9. The fourth-order valence-electron chi connectivity index (χ4n) is 5.92. The van der Waals surface area contributed by atoms with E-state index in [1.807, 2.05) is 27.7 Å². The summed E-state index contributed by atoms with van der Waals surface area (Å²) in [7, 11) is 0. The molecular weight excluding hydrogens is 710 g/mol. The van der Waals surface area contributed by atoms with Gasteiger partial charge in [0.25, 0.3) is 0 Å². The van der Waals surface area contributed by atoms with Crippen LogP contribution in [0.1, 0.15) is 78.4 Å². The van der Waals surface area contributed by atoms with Gasteiger partial charge in [-0.2, -0.15) is 0 Å². The predicted octanol–water partition coefficient (Wildman–Crippen LogP) is 3.54. The van der Waals surface area contributed by atoms with E-state index in [0.717, 1.165) is 0 Å². The number of carbonyl (C=O) groups is 6. The van der Waals surface area contributed by atoms with E-state index >= 15 is 0 Å². The lowest BCUT2D eigenvalue weighted by atomic mass is 9.98. The number of amides is 5. The van der Waals surface area contributed by atoms with Crippen LogP contribution in [0.5, 0.6) is 5.75 Å². The van der Waals surface area contributed by atoms with Crippen molar-refractivity contribution >= 4 is 52.2 Å². The molecule has 0 aliphatic heterocycles. The van der Waals surface area contributed by atoms with Gasteiger partial charge in [-0.1, -0.05) is 53.7 Å². The molecule has 298 valence electrons. The van der Waals surface area contributed by atoms with Crippen LogP contribution in [0.4, 0.5) is 5.69 Å². The molecule has 0 saturated carbocycles. The van der Waals surface area contributed by atoms with Gasteiger partial charge in [-0.3, -0.25) is 28.8 Å². The van der Waals surface area contributed by atoms with Crippen molar-refractivity contribution in [2.45, 2.75) is 105 Å². The molecule has 4 atom stereocenters. The van der Waals surface area contributed by atoms with Crippen molar-refractivity contribution in [3.05, 3.63) is 70.1 Å². The number of aryl methyl sites for hydroxylation is 1. The average Bonchev–Trinajstić information content (AvgIpc) is 3.08. The molecule has 5 amide bonds. The van der Waals surface area contributed by atoms with Crippen molar-refractivity contribution in [3.8, 4) is 5.75 Å². The molecule has 0 aliphatic rings. The molecule has 0 saturated heterocycles. The lowest BCUT2D eigenvalue weighted by Gasteiger charge is -2.29. The number of benzene rings is 2. The van der Waals surface area contributed by atoms with E-state index in [2.05, 4.69) is 26.6 Å². The third-order valence-electron chi connectivity index (χ3n) is 8.74. The Morgan fingerprint density at radius 2 is 1.27 bits per heavy atom. The molecular formula is C40H53N5O10. The Kier molecular flexibility index (Phi) is 16.0. The summed E-state index contributed by atoms with van der Waals surface area (Å²) in [6.07, 6.45) is -0.277. The van der Waals surface area contributed by atoms with Gasteiger partial charge in [-0.05, 0) is 72.9 Å². The van der Waals surface area contributed by atoms with Crippen LogP contribution >= 0.6 is 0 Å². The lowest BCUT2D eigenvalue weighted by Crippen LogP contribution is -2.59. The summed E-state index contributed by atoms with van der Waals surface area (Å²) in [6.45, 7) is 12.6. The van der Waals surface area contributed by atoms with Crippen molar-refractivity contribution in [1.29, 1.82) is 0 Å². The molecule has 1 heterocycles. The highest BCUT2D eigenvalue weighted by molar-refractivity contribution is 6.00. The normalized spacial score (nSPS) is 13.5. The van der Waals surface area contributed by atoms with Crippen LogP contribution in [-0.4, -0.2) is 69.9 Å². The van der Waals surface area contributed by atoms with Crippen molar-refractivity contribution in [2.24, 2.45) is 17.8 Å². The number of phenolic OH excluding ortho intramolecular Hbond substituents is 1. The second kappa shape index (κ2) is 20.1. The first-order chi connectivity index (χ1) is 25.8. The maximum absolute atomic E-state index is 13.9. The van der Waals surface area contributed by atoms with E-state index in [9.17, 15) is 38.7 Å². The summed E-state index contributed by atoms with van der Waals surface area (Å²) >= 11 is 0. The number of aliphatic carboxylic acids is 1. The highest BCUT2D eigenvalue weighted by Gasteiger charge is 2.33. The van der Waals surface area contributed by atoms with Gasteiger partial charge in [-0.15, -0.1) is 0 Å². The largest absolute Gasteiger partial charge is 0.508 e. The smallest absolute Gasteiger partial charge is 0.336 e. The van der Waals surface area contributed by atoms with Gasteiger partial charge in [0.15, 0.2) is 0 Å². The van der Waals surface area contributed by atoms with E-state index < -0.39 is 77.6 Å². The van der Waals surface area contributed by atoms with Crippen molar-refractivity contribution in [3.63, 3.8) is 0 Å². The van der Waals surface area contributed by atoms with Crippen LogP contribution in [0.2, 0.25) is 0 Å². The second-order valence-corrected chi connectivity index (χ2v) is 14.9. The Morgan fingerprint density at radius 1 is 0.691 bits per heavy atom. The molecule has 3 rings (SSSR count). The SMILES string of the molecule is Cc1cc(=O)oc2cc(NC(=O)[C@H](Cc3ccc(O)cc3)NC(=O)[C@H](NC(=O)[C@H](CC(C)C)NC(=O)[C@@H](CC(C)C)NC(=O)CCC(=O)O)C(C)C)ccc12. The van der Waals surface area contributed by atoms with Gasteiger partial charge < -0.3 is 41.2 Å². The maximum atomic E-state index is 13.9. The van der Waals surface area contributed by atoms with Gasteiger partial charge in [0.05, 0.1) is 6.42 Å². The zero-order valence-corrected chi connectivity index (χ0v) is 32.4. The first-order valence-electron chi connectivity index (χ1n) is 18.4. The number of fused-ring (bicyclic) bond motifs is 1. The molecule has 0 spiro atoms. The topological polar surface area (TPSA) is 233 Å². The number of hydrogen-bond donors (Lipinski definition) is 7. The molecule has 15 nitrogen and oxygen atoms in total. The number of hydrogen-bond acceptors (Lipinski definition) is 9. The van der Waals surface area contributed by atoms with E-state index in [1.54, 1.807) is 45.0 Å². The Bertz CT molecular complexity index is 1900. The molecule has 3 aromatic rings. The molecule has 15 heteroatoms. The zero-order valence-electron chi connectivity index (χ0n) is 32.4. The predicted molar refractivity (Wildman–Crippen MR) is 206 cm³/mol. The summed E-state index contributed by atoms with van der Waals surface area (Å²) in [5.74, 6) is -4.85. The molecule has 0 fully saturated rings. The number of rotatable bonds is 19. The zero-order chi connectivity index (χ0) is 41.0. The van der Waals surface area contributed by atoms with Gasteiger partial charge in [0.1, 0.15) is 35.5 Å². The molecule has 0 radical (unpaired) electrons. The summed E-state index contributed by atoms with van der Waals surface area (Å²) < 4.78 is 5.32. The van der Waals surface area contributed by atoms with Crippen LogP contribution < -0.4 is 32.2 Å². The lowest BCUT2D eigenvalue weighted by molar-refractivity contribution is -0.139. The minimum atomic E-state index is -1.16. The maximum Gasteiger partial charge on any atom is 0.336 e. The monoisotopic (exact) mass is 763 g/mol. The van der Waals surface area contributed by atoms with Crippen molar-refractivity contribution in [1.82, 2.24) is 21.3 Å². The fourth-order valence-corrected chi connectivity index (χ4v) is 5.92. The number of carbonyl (C=O) groups excluding carboxylic acids is 5. The first kappa shape index (κ1) is 43.7. The third-order valence-corrected chi connectivity index (χ3v) is 8.74. The minimum absolute atomic E-state index is 0.0137. The highest BCUT2D eigenvalue weighted by atomic mass is 16.4. The average molecular weight is 764 g/mol. The number of carboxylic acids is 1. The van der Waals surface area contributed by atoms with E-state index in [1.165, 1.54) is 24.3 Å². The second-order valence-electron chi connectivity index (χ2n) is 14.9. The minimum Gasteiger partial charge on any atom is -0.508 e. The highest BCUT2D eigenvalue weighted by Crippen LogP contribution is 2.21. The van der Waals surface area contributed by atoms with Crippen LogP contribution in [0.3, 0.4) is 0 Å². The Hall–Kier alpha value is -5.73. The van der Waals surface area contributed by atoms with Crippen molar-refractivity contribution < 1.29 is 43.4 Å². The van der Waals surface area contributed by atoms with Crippen LogP contribution in [0.25, 0.3) is 11.0 Å².